The largest absolute Gasteiger partial charge is 0.361 e. The number of benzene rings is 1. The monoisotopic (exact) mass is 390 g/mol. The Hall–Kier alpha value is -2.38. The van der Waals surface area contributed by atoms with Crippen molar-refractivity contribution in [1.29, 1.82) is 0 Å². The van der Waals surface area contributed by atoms with Crippen molar-refractivity contribution in [2.45, 2.75) is 26.2 Å². The van der Waals surface area contributed by atoms with Crippen LogP contribution in [-0.2, 0) is 4.79 Å². The molecule has 8 heteroatoms. The molecular weight excluding hydrogens is 368 g/mol. The van der Waals surface area contributed by atoms with E-state index in [2.05, 4.69) is 21.1 Å². The highest BCUT2D eigenvalue weighted by Gasteiger charge is 2.57. The molecule has 1 atom stereocenters. The molecule has 1 saturated carbocycles. The number of aryl methyl sites for hydroxylation is 1. The second-order valence-corrected chi connectivity index (χ2v) is 7.19. The average molecular weight is 391 g/mol. The molecule has 1 saturated heterocycles. The molecule has 1 aromatic carbocycles. The molecule has 4 rings (SSSR count). The number of anilines is 2. The van der Waals surface area contributed by atoms with Crippen molar-refractivity contribution in [1.82, 2.24) is 10.5 Å². The van der Waals surface area contributed by atoms with Crippen molar-refractivity contribution in [2.75, 3.05) is 23.7 Å². The Bertz CT molecular complexity index is 828. The fourth-order valence-corrected chi connectivity index (χ4v) is 3.78. The molecule has 0 bridgehead atoms. The maximum Gasteiger partial charge on any atom is 0.260 e. The molecule has 0 radical (unpaired) electrons. The van der Waals surface area contributed by atoms with Gasteiger partial charge in [0.1, 0.15) is 11.3 Å². The van der Waals surface area contributed by atoms with Crippen LogP contribution in [0, 0.1) is 18.3 Å². The molecule has 2 heterocycles. The predicted molar refractivity (Wildman–Crippen MR) is 104 cm³/mol. The molecule has 1 aromatic heterocycles. The van der Waals surface area contributed by atoms with Gasteiger partial charge in [-0.1, -0.05) is 5.16 Å². The third-order valence-corrected chi connectivity index (χ3v) is 5.51. The molecule has 2 aliphatic rings. The Morgan fingerprint density at radius 1 is 1.15 bits per heavy atom. The molecule has 2 amide bonds. The minimum Gasteiger partial charge on any atom is -0.361 e. The average Bonchev–Trinajstić information content (AvgIpc) is 3.14. The summed E-state index contributed by atoms with van der Waals surface area (Å²) in [6.45, 7) is 3.70. The van der Waals surface area contributed by atoms with Gasteiger partial charge in [-0.05, 0) is 69.0 Å². The van der Waals surface area contributed by atoms with Crippen LogP contribution >= 0.6 is 12.4 Å². The summed E-state index contributed by atoms with van der Waals surface area (Å²) in [5, 5.41) is 12.7. The maximum absolute atomic E-state index is 12.5. The molecule has 2 aromatic rings. The molecule has 1 unspecified atom stereocenters. The van der Waals surface area contributed by atoms with Gasteiger partial charge in [0.15, 0.2) is 0 Å². The van der Waals surface area contributed by atoms with E-state index in [0.717, 1.165) is 38.0 Å². The van der Waals surface area contributed by atoms with Crippen LogP contribution in [0.25, 0.3) is 0 Å². The number of halogens is 1. The summed E-state index contributed by atoms with van der Waals surface area (Å²) in [5.74, 6) is 0.429. The van der Waals surface area contributed by atoms with Gasteiger partial charge in [-0.2, -0.15) is 0 Å². The van der Waals surface area contributed by atoms with Crippen LogP contribution in [0.2, 0.25) is 0 Å². The first kappa shape index (κ1) is 19.4. The van der Waals surface area contributed by atoms with Gasteiger partial charge in [0.2, 0.25) is 5.91 Å². The Labute approximate surface area is 163 Å². The van der Waals surface area contributed by atoms with E-state index in [1.165, 1.54) is 6.20 Å². The van der Waals surface area contributed by atoms with E-state index in [4.69, 9.17) is 4.52 Å². The van der Waals surface area contributed by atoms with Crippen LogP contribution in [0.3, 0.4) is 0 Å². The van der Waals surface area contributed by atoms with Gasteiger partial charge >= 0.3 is 0 Å². The first-order valence-electron chi connectivity index (χ1n) is 8.92. The summed E-state index contributed by atoms with van der Waals surface area (Å²) in [5.41, 5.74) is 2.02. The lowest BCUT2D eigenvalue weighted by atomic mass is 9.92. The number of carbonyl (C=O) groups is 2. The second-order valence-electron chi connectivity index (χ2n) is 7.19. The Kier molecular flexibility index (Phi) is 5.53. The van der Waals surface area contributed by atoms with Gasteiger partial charge in [0.05, 0.1) is 6.20 Å². The van der Waals surface area contributed by atoms with E-state index in [1.54, 1.807) is 31.2 Å². The van der Waals surface area contributed by atoms with Crippen LogP contribution in [0.15, 0.2) is 35.0 Å². The predicted octanol–water partition coefficient (Wildman–Crippen LogP) is 2.99. The lowest BCUT2D eigenvalue weighted by Gasteiger charge is -2.23. The molecule has 7 nitrogen and oxygen atoms in total. The zero-order valence-electron chi connectivity index (χ0n) is 15.1. The van der Waals surface area contributed by atoms with E-state index < -0.39 is 0 Å². The molecule has 27 heavy (non-hydrogen) atoms. The summed E-state index contributed by atoms with van der Waals surface area (Å²) in [4.78, 5) is 24.6. The second kappa shape index (κ2) is 7.70. The van der Waals surface area contributed by atoms with Crippen molar-refractivity contribution < 1.29 is 14.1 Å². The summed E-state index contributed by atoms with van der Waals surface area (Å²) in [7, 11) is 0. The number of rotatable bonds is 4. The molecule has 3 N–H and O–H groups in total. The minimum atomic E-state index is -0.272. The fraction of sp³-hybridized carbons (Fsp3) is 0.421. The van der Waals surface area contributed by atoms with E-state index in [0.29, 0.717) is 17.0 Å². The zero-order valence-corrected chi connectivity index (χ0v) is 15.9. The Balaban J connectivity index is 0.00000210. The van der Waals surface area contributed by atoms with Gasteiger partial charge in [-0.25, -0.2) is 0 Å². The Morgan fingerprint density at radius 2 is 1.78 bits per heavy atom. The first-order valence-corrected chi connectivity index (χ1v) is 8.92. The number of amides is 2. The third kappa shape index (κ3) is 3.99. The molecule has 1 spiro atoms. The topological polar surface area (TPSA) is 96.3 Å². The van der Waals surface area contributed by atoms with E-state index >= 15 is 0 Å². The molecular formula is C19H23ClN4O3. The van der Waals surface area contributed by atoms with Crippen molar-refractivity contribution in [3.8, 4) is 0 Å². The number of hydrogen-bond acceptors (Lipinski definition) is 5. The molecule has 144 valence electrons. The van der Waals surface area contributed by atoms with Crippen molar-refractivity contribution in [3.05, 3.63) is 41.8 Å². The highest BCUT2D eigenvalue weighted by molar-refractivity contribution is 6.04. The molecule has 1 aliphatic carbocycles. The zero-order chi connectivity index (χ0) is 18.1. The highest BCUT2D eigenvalue weighted by atomic mass is 35.5. The summed E-state index contributed by atoms with van der Waals surface area (Å²) >= 11 is 0. The third-order valence-electron chi connectivity index (χ3n) is 5.51. The maximum atomic E-state index is 12.5. The van der Waals surface area contributed by atoms with Gasteiger partial charge in [-0.15, -0.1) is 12.4 Å². The number of piperidine rings is 1. The van der Waals surface area contributed by atoms with E-state index in [-0.39, 0.29) is 35.6 Å². The number of aromatic nitrogens is 1. The fourth-order valence-electron chi connectivity index (χ4n) is 3.78. The van der Waals surface area contributed by atoms with E-state index in [9.17, 15) is 9.59 Å². The van der Waals surface area contributed by atoms with Crippen LogP contribution in [-0.4, -0.2) is 30.1 Å². The normalized spacial score (nSPS) is 19.8. The van der Waals surface area contributed by atoms with Crippen molar-refractivity contribution in [3.63, 3.8) is 0 Å². The number of carbonyl (C=O) groups excluding carboxylic acids is 2. The molecule has 1 aliphatic heterocycles. The van der Waals surface area contributed by atoms with Crippen LogP contribution in [0.5, 0.6) is 0 Å². The Morgan fingerprint density at radius 3 is 2.37 bits per heavy atom. The SMILES string of the molecule is Cc1oncc1C(=O)Nc1ccc(NC(=O)C2CC23CCNCC3)cc1.Cl. The summed E-state index contributed by atoms with van der Waals surface area (Å²) < 4.78 is 4.90. The minimum absolute atomic E-state index is 0. The quantitative estimate of drug-likeness (QED) is 0.745. The van der Waals surface area contributed by atoms with Crippen LogP contribution < -0.4 is 16.0 Å². The smallest absolute Gasteiger partial charge is 0.260 e. The van der Waals surface area contributed by atoms with Gasteiger partial charge in [-0.3, -0.25) is 9.59 Å². The number of hydrogen-bond donors (Lipinski definition) is 3. The van der Waals surface area contributed by atoms with Crippen molar-refractivity contribution >= 4 is 35.6 Å². The lowest BCUT2D eigenvalue weighted by molar-refractivity contribution is -0.118. The molecule has 2 fully saturated rings. The first-order chi connectivity index (χ1) is 12.6. The standard InChI is InChI=1S/C19H22N4O3.ClH/c1-12-15(11-21-26-12)17(24)22-13-2-4-14(5-3-13)23-18(25)16-10-19(16)6-8-20-9-7-19;/h2-5,11,16,20H,6-10H2,1H3,(H,22,24)(H,23,25);1H. The highest BCUT2D eigenvalue weighted by Crippen LogP contribution is 2.58. The number of nitrogens with one attached hydrogen (secondary N) is 3. The van der Waals surface area contributed by atoms with Crippen molar-refractivity contribution in [2.24, 2.45) is 11.3 Å². The lowest BCUT2D eigenvalue weighted by Crippen LogP contribution is -2.31. The van der Waals surface area contributed by atoms with Crippen LogP contribution in [0.4, 0.5) is 11.4 Å². The summed E-state index contributed by atoms with van der Waals surface area (Å²) in [6, 6.07) is 7.13. The summed E-state index contributed by atoms with van der Waals surface area (Å²) in [6.07, 6.45) is 4.55. The van der Waals surface area contributed by atoms with Gasteiger partial charge in [0, 0.05) is 17.3 Å². The van der Waals surface area contributed by atoms with Crippen LogP contribution in [0.1, 0.15) is 35.4 Å². The number of nitrogens with zero attached hydrogens (tertiary/aromatic N) is 1. The van der Waals surface area contributed by atoms with Gasteiger partial charge in [0.25, 0.3) is 5.91 Å². The van der Waals surface area contributed by atoms with Gasteiger partial charge < -0.3 is 20.5 Å². The van der Waals surface area contributed by atoms with E-state index in [1.807, 2.05) is 0 Å².